The molecule has 0 fully saturated rings. The zero-order chi connectivity index (χ0) is 18.4. The molecular weight excluding hydrogens is 348 g/mol. The van der Waals surface area contributed by atoms with Crippen molar-refractivity contribution in [2.45, 2.75) is 6.92 Å². The number of ether oxygens (including phenoxy) is 2. The van der Waals surface area contributed by atoms with E-state index in [-0.39, 0.29) is 5.11 Å². The Morgan fingerprint density at radius 2 is 1.72 bits per heavy atom. The smallest absolute Gasteiger partial charge is 0.191 e. The van der Waals surface area contributed by atoms with Crippen LogP contribution in [0.4, 0.5) is 14.5 Å². The summed E-state index contributed by atoms with van der Waals surface area (Å²) in [7, 11) is 3.08. The van der Waals surface area contributed by atoms with Gasteiger partial charge in [-0.25, -0.2) is 8.78 Å². The summed E-state index contributed by atoms with van der Waals surface area (Å²) in [5.41, 5.74) is 4.23. The molecular formula is C17H17F2N3O2S. The van der Waals surface area contributed by atoms with Gasteiger partial charge in [-0.05, 0) is 49.5 Å². The van der Waals surface area contributed by atoms with E-state index >= 15 is 0 Å². The first-order valence-electron chi connectivity index (χ1n) is 7.23. The molecule has 0 heterocycles. The summed E-state index contributed by atoms with van der Waals surface area (Å²) in [6.45, 7) is 1.65. The minimum Gasteiger partial charge on any atom is -0.493 e. The van der Waals surface area contributed by atoms with Gasteiger partial charge in [0.2, 0.25) is 0 Å². The number of hydrazone groups is 1. The van der Waals surface area contributed by atoms with Crippen molar-refractivity contribution in [2.75, 3.05) is 19.5 Å². The first kappa shape index (κ1) is 18.6. The summed E-state index contributed by atoms with van der Waals surface area (Å²) in [4.78, 5) is 0. The van der Waals surface area contributed by atoms with Crippen LogP contribution in [0.3, 0.4) is 0 Å². The number of hydrogen-bond donors (Lipinski definition) is 2. The molecule has 0 spiro atoms. The number of methoxy groups -OCH3 is 2. The van der Waals surface area contributed by atoms with Gasteiger partial charge in [0.15, 0.2) is 28.2 Å². The predicted octanol–water partition coefficient (Wildman–Crippen LogP) is 3.69. The molecule has 0 aliphatic heterocycles. The van der Waals surface area contributed by atoms with Crippen LogP contribution in [0.1, 0.15) is 12.5 Å². The maximum Gasteiger partial charge on any atom is 0.191 e. The predicted molar refractivity (Wildman–Crippen MR) is 97.5 cm³/mol. The molecule has 0 aliphatic carbocycles. The minimum atomic E-state index is -0.932. The molecule has 0 aliphatic rings. The lowest BCUT2D eigenvalue weighted by Crippen LogP contribution is -2.25. The quantitative estimate of drug-likeness (QED) is 0.481. The zero-order valence-corrected chi connectivity index (χ0v) is 14.7. The van der Waals surface area contributed by atoms with Gasteiger partial charge in [0, 0.05) is 17.3 Å². The van der Waals surface area contributed by atoms with Gasteiger partial charge in [0.05, 0.1) is 19.9 Å². The van der Waals surface area contributed by atoms with Gasteiger partial charge in [-0.3, -0.25) is 5.43 Å². The van der Waals surface area contributed by atoms with E-state index in [1.54, 1.807) is 32.2 Å². The molecule has 0 bridgehead atoms. The Kier molecular flexibility index (Phi) is 6.24. The van der Waals surface area contributed by atoms with Crippen LogP contribution in [0.15, 0.2) is 41.5 Å². The van der Waals surface area contributed by atoms with E-state index in [1.165, 1.54) is 13.2 Å². The highest BCUT2D eigenvalue weighted by atomic mass is 32.1. The second-order valence-corrected chi connectivity index (χ2v) is 5.37. The van der Waals surface area contributed by atoms with E-state index in [0.717, 1.165) is 12.1 Å². The number of rotatable bonds is 5. The van der Waals surface area contributed by atoms with Crippen molar-refractivity contribution in [3.8, 4) is 11.5 Å². The van der Waals surface area contributed by atoms with Crippen molar-refractivity contribution < 1.29 is 18.3 Å². The van der Waals surface area contributed by atoms with Crippen LogP contribution < -0.4 is 20.2 Å². The monoisotopic (exact) mass is 365 g/mol. The lowest BCUT2D eigenvalue weighted by Gasteiger charge is -2.12. The molecule has 2 N–H and O–H groups in total. The first-order chi connectivity index (χ1) is 11.9. The molecule has 5 nitrogen and oxygen atoms in total. The lowest BCUT2D eigenvalue weighted by molar-refractivity contribution is 0.355. The molecule has 0 saturated carbocycles. The highest BCUT2D eigenvalue weighted by Gasteiger charge is 2.07. The summed E-state index contributed by atoms with van der Waals surface area (Å²) in [6.07, 6.45) is 0. The van der Waals surface area contributed by atoms with E-state index in [2.05, 4.69) is 15.8 Å². The third-order valence-corrected chi connectivity index (χ3v) is 3.50. The fraction of sp³-hybridized carbons (Fsp3) is 0.176. The molecule has 2 aromatic carbocycles. The van der Waals surface area contributed by atoms with Crippen molar-refractivity contribution in [3.05, 3.63) is 53.6 Å². The molecule has 0 saturated heterocycles. The van der Waals surface area contributed by atoms with Crippen LogP contribution in [0.2, 0.25) is 0 Å². The zero-order valence-electron chi connectivity index (χ0n) is 13.9. The average molecular weight is 365 g/mol. The molecule has 0 unspecified atom stereocenters. The maximum atomic E-state index is 13.2. The Labute approximate surface area is 149 Å². The van der Waals surface area contributed by atoms with Gasteiger partial charge >= 0.3 is 0 Å². The number of nitrogens with one attached hydrogen (secondary N) is 2. The Morgan fingerprint density at radius 3 is 2.36 bits per heavy atom. The third-order valence-electron chi connectivity index (χ3n) is 3.30. The fourth-order valence-corrected chi connectivity index (χ4v) is 2.16. The minimum absolute atomic E-state index is 0.231. The van der Waals surface area contributed by atoms with Crippen LogP contribution in [0.5, 0.6) is 11.5 Å². The maximum absolute atomic E-state index is 13.2. The molecule has 0 amide bonds. The van der Waals surface area contributed by atoms with Crippen molar-refractivity contribution in [3.63, 3.8) is 0 Å². The third kappa shape index (κ3) is 4.87. The first-order valence-corrected chi connectivity index (χ1v) is 7.64. The number of anilines is 1. The topological polar surface area (TPSA) is 54.9 Å². The number of hydrogen-bond acceptors (Lipinski definition) is 4. The summed E-state index contributed by atoms with van der Waals surface area (Å²) < 4.78 is 36.6. The number of benzene rings is 2. The Morgan fingerprint density at radius 1 is 1.00 bits per heavy atom. The van der Waals surface area contributed by atoms with Crippen molar-refractivity contribution in [2.24, 2.45) is 5.10 Å². The highest BCUT2D eigenvalue weighted by molar-refractivity contribution is 7.80. The summed E-state index contributed by atoms with van der Waals surface area (Å²) >= 11 is 5.16. The molecule has 0 radical (unpaired) electrons. The van der Waals surface area contributed by atoms with Crippen LogP contribution >= 0.6 is 12.2 Å². The van der Waals surface area contributed by atoms with E-state index < -0.39 is 11.6 Å². The molecule has 2 rings (SSSR count). The SMILES string of the molecule is COc1ccc(NC(=S)N/N=C(/C)c2ccc(F)c(F)c2)cc1OC. The van der Waals surface area contributed by atoms with Gasteiger partial charge in [0.25, 0.3) is 0 Å². The second-order valence-electron chi connectivity index (χ2n) is 4.96. The van der Waals surface area contributed by atoms with Gasteiger partial charge in [-0.15, -0.1) is 0 Å². The van der Waals surface area contributed by atoms with Crippen molar-refractivity contribution >= 4 is 28.7 Å². The summed E-state index contributed by atoms with van der Waals surface area (Å²) in [5, 5.41) is 7.23. The van der Waals surface area contributed by atoms with Crippen LogP contribution in [0.25, 0.3) is 0 Å². The molecule has 0 atom stereocenters. The van der Waals surface area contributed by atoms with Gasteiger partial charge < -0.3 is 14.8 Å². The lowest BCUT2D eigenvalue weighted by atomic mass is 10.1. The molecule has 132 valence electrons. The van der Waals surface area contributed by atoms with Gasteiger partial charge in [-0.2, -0.15) is 5.10 Å². The number of nitrogens with zero attached hydrogens (tertiary/aromatic N) is 1. The van der Waals surface area contributed by atoms with Gasteiger partial charge in [-0.1, -0.05) is 0 Å². The normalized spacial score (nSPS) is 11.0. The van der Waals surface area contributed by atoms with E-state index in [4.69, 9.17) is 21.7 Å². The van der Waals surface area contributed by atoms with Crippen LogP contribution in [-0.2, 0) is 0 Å². The van der Waals surface area contributed by atoms with Gasteiger partial charge in [0.1, 0.15) is 0 Å². The average Bonchev–Trinajstić information content (AvgIpc) is 2.61. The van der Waals surface area contributed by atoms with Crippen molar-refractivity contribution in [1.82, 2.24) is 5.43 Å². The van der Waals surface area contributed by atoms with E-state index in [1.807, 2.05) is 0 Å². The largest absolute Gasteiger partial charge is 0.493 e. The Bertz CT molecular complexity index is 812. The second kappa shape index (κ2) is 8.39. The van der Waals surface area contributed by atoms with E-state index in [9.17, 15) is 8.78 Å². The number of thiocarbonyl (C=S) groups is 1. The summed E-state index contributed by atoms with van der Waals surface area (Å²) in [5.74, 6) is -0.691. The molecule has 2 aromatic rings. The standard InChI is InChI=1S/C17H17F2N3O2S/c1-10(11-4-6-13(18)14(19)8-11)21-22-17(25)20-12-5-7-15(23-2)16(9-12)24-3/h4-9H,1-3H3,(H2,20,22,25)/b21-10-. The fourth-order valence-electron chi connectivity index (χ4n) is 1.99. The highest BCUT2D eigenvalue weighted by Crippen LogP contribution is 2.29. The number of halogens is 2. The van der Waals surface area contributed by atoms with E-state index in [0.29, 0.717) is 28.5 Å². The van der Waals surface area contributed by atoms with Crippen molar-refractivity contribution in [1.29, 1.82) is 0 Å². The Hall–Kier alpha value is -2.74. The van der Waals surface area contributed by atoms with Crippen LogP contribution in [0, 0.1) is 11.6 Å². The molecule has 8 heteroatoms. The molecule has 25 heavy (non-hydrogen) atoms. The molecule has 0 aromatic heterocycles. The van der Waals surface area contributed by atoms with Crippen LogP contribution in [-0.4, -0.2) is 25.0 Å². The Balaban J connectivity index is 2.03. The summed E-state index contributed by atoms with van der Waals surface area (Å²) in [6, 6.07) is 8.77.